The number of hydrogen-bond acceptors (Lipinski definition) is 3. The first-order valence-electron chi connectivity index (χ1n) is 15.5. The van der Waals surface area contributed by atoms with Crippen molar-refractivity contribution in [3.63, 3.8) is 0 Å². The van der Waals surface area contributed by atoms with Gasteiger partial charge in [-0.2, -0.15) is 0 Å². The number of ether oxygens (including phenoxy) is 1. The molecule has 6 aromatic carbocycles. The van der Waals surface area contributed by atoms with Gasteiger partial charge in [0.2, 0.25) is 11.4 Å². The van der Waals surface area contributed by atoms with Gasteiger partial charge in [-0.1, -0.05) is 140 Å². The van der Waals surface area contributed by atoms with Crippen molar-refractivity contribution in [2.75, 3.05) is 6.16 Å². The van der Waals surface area contributed by atoms with E-state index < -0.39 is 24.8 Å². The fraction of sp³-hybridized carbons (Fsp3) is 0.0952. The zero-order valence-electron chi connectivity index (χ0n) is 25.8. The monoisotopic (exact) mass is 619 g/mol. The van der Waals surface area contributed by atoms with Crippen LogP contribution in [-0.2, 0) is 10.3 Å². The molecule has 0 bridgehead atoms. The van der Waals surface area contributed by atoms with Gasteiger partial charge in [0.25, 0.3) is 0 Å². The highest BCUT2D eigenvalue weighted by Gasteiger charge is 2.56. The van der Waals surface area contributed by atoms with Gasteiger partial charge in [-0.15, -0.1) is 0 Å². The third-order valence-electron chi connectivity index (χ3n) is 8.67. The smallest absolute Gasteiger partial charge is 0.339 e. The Morgan fingerprint density at radius 1 is 0.522 bits per heavy atom. The Hall–Kier alpha value is -5.11. The Bertz CT molecular complexity index is 1770. The largest absolute Gasteiger partial charge is 0.442 e. The maximum atomic E-state index is 15.1. The van der Waals surface area contributed by atoms with Crippen molar-refractivity contribution in [2.45, 2.75) is 12.5 Å². The molecule has 46 heavy (non-hydrogen) atoms. The lowest BCUT2D eigenvalue weighted by Gasteiger charge is -2.40. The summed E-state index contributed by atoms with van der Waals surface area (Å²) in [5, 5.41) is 3.59. The zero-order chi connectivity index (χ0) is 31.8. The van der Waals surface area contributed by atoms with Crippen LogP contribution in [0.2, 0.25) is 0 Å². The molecule has 6 aromatic rings. The van der Waals surface area contributed by atoms with Gasteiger partial charge in [-0.25, -0.2) is 4.79 Å². The van der Waals surface area contributed by atoms with Crippen LogP contribution >= 0.6 is 7.26 Å². The number of benzene rings is 6. The van der Waals surface area contributed by atoms with E-state index in [1.165, 1.54) is 15.9 Å². The van der Waals surface area contributed by atoms with Gasteiger partial charge in [0.05, 0.1) is 11.7 Å². The molecule has 0 aliphatic heterocycles. The quantitative estimate of drug-likeness (QED) is 0.0834. The van der Waals surface area contributed by atoms with Crippen molar-refractivity contribution in [1.29, 1.82) is 0 Å². The van der Waals surface area contributed by atoms with E-state index in [0.29, 0.717) is 22.9 Å². The average molecular weight is 620 g/mol. The molecule has 4 heteroatoms. The average Bonchev–Trinajstić information content (AvgIpc) is 3.14. The van der Waals surface area contributed by atoms with Crippen molar-refractivity contribution >= 4 is 34.9 Å². The third kappa shape index (κ3) is 5.95. The van der Waals surface area contributed by atoms with Crippen LogP contribution in [0, 0.1) is 5.92 Å². The first-order valence-corrected chi connectivity index (χ1v) is 17.5. The Kier molecular flexibility index (Phi) is 9.33. The highest BCUT2D eigenvalue weighted by Crippen LogP contribution is 2.59. The number of Topliss-reactive ketones (excluding diaryl/α,β-unsaturated/α-hetero) is 1. The summed E-state index contributed by atoms with van der Waals surface area (Å²) in [7, 11) is -2.42. The van der Waals surface area contributed by atoms with E-state index in [1.54, 1.807) is 36.4 Å². The molecule has 0 aliphatic rings. The Morgan fingerprint density at radius 2 is 0.870 bits per heavy atom. The van der Waals surface area contributed by atoms with Crippen molar-refractivity contribution in [1.82, 2.24) is 0 Å². The standard InChI is InChI=1S/C42H36O3P/c1-33(32-46(37-26-14-5-15-27-37,38-28-16-6-17-29-38)39-30-18-7-19-31-39)42(36-24-12-4-13-25-36,40(43)34-20-8-2-9-21-34)45-41(44)35-22-10-3-11-23-35/h2-31,33H,32H2,1H3/q+1/t33-,42-/m1/s1. The van der Waals surface area contributed by atoms with Gasteiger partial charge in [0.1, 0.15) is 23.2 Å². The summed E-state index contributed by atoms with van der Waals surface area (Å²) < 4.78 is 6.67. The summed E-state index contributed by atoms with van der Waals surface area (Å²) in [6.07, 6.45) is 0.570. The van der Waals surface area contributed by atoms with Gasteiger partial charge >= 0.3 is 5.97 Å². The van der Waals surface area contributed by atoms with Gasteiger partial charge in [0.15, 0.2) is 0 Å². The van der Waals surface area contributed by atoms with Crippen LogP contribution in [-0.4, -0.2) is 17.9 Å². The molecule has 0 radical (unpaired) electrons. The topological polar surface area (TPSA) is 43.4 Å². The molecule has 0 saturated carbocycles. The fourth-order valence-corrected chi connectivity index (χ4v) is 11.1. The van der Waals surface area contributed by atoms with Crippen LogP contribution in [0.5, 0.6) is 0 Å². The maximum absolute atomic E-state index is 15.1. The Morgan fingerprint density at radius 3 is 1.28 bits per heavy atom. The number of carbonyl (C=O) groups excluding carboxylic acids is 2. The van der Waals surface area contributed by atoms with Gasteiger partial charge in [0, 0.05) is 17.0 Å². The fourth-order valence-electron chi connectivity index (χ4n) is 6.46. The summed E-state index contributed by atoms with van der Waals surface area (Å²) in [4.78, 5) is 29.2. The lowest BCUT2D eigenvalue weighted by molar-refractivity contribution is -0.0310. The number of carbonyl (C=O) groups is 2. The maximum Gasteiger partial charge on any atom is 0.339 e. The van der Waals surface area contributed by atoms with E-state index in [2.05, 4.69) is 79.7 Å². The van der Waals surface area contributed by atoms with Crippen LogP contribution in [0.3, 0.4) is 0 Å². The Labute approximate surface area is 271 Å². The molecule has 0 amide bonds. The second kappa shape index (κ2) is 13.9. The predicted octanol–water partition coefficient (Wildman–Crippen LogP) is 8.25. The molecular formula is C42H36O3P+. The van der Waals surface area contributed by atoms with Crippen molar-refractivity contribution in [2.24, 2.45) is 5.92 Å². The van der Waals surface area contributed by atoms with E-state index in [9.17, 15) is 4.79 Å². The van der Waals surface area contributed by atoms with Gasteiger partial charge in [-0.05, 0) is 48.5 Å². The Balaban J connectivity index is 1.62. The molecule has 0 unspecified atom stereocenters. The molecule has 0 N–H and O–H groups in total. The first kappa shape index (κ1) is 30.9. The number of ketones is 1. The summed E-state index contributed by atoms with van der Waals surface area (Å²) >= 11 is 0. The van der Waals surface area contributed by atoms with E-state index in [0.717, 1.165) is 0 Å². The van der Waals surface area contributed by atoms with E-state index >= 15 is 4.79 Å². The molecule has 3 nitrogen and oxygen atoms in total. The van der Waals surface area contributed by atoms with Crippen LogP contribution in [0.25, 0.3) is 0 Å². The second-order valence-electron chi connectivity index (χ2n) is 11.5. The summed E-state index contributed by atoms with van der Waals surface area (Å²) in [5.74, 6) is -1.24. The highest BCUT2D eigenvalue weighted by molar-refractivity contribution is 7.95. The molecule has 0 aromatic heterocycles. The van der Waals surface area contributed by atoms with Crippen LogP contribution in [0.1, 0.15) is 33.2 Å². The molecule has 2 atom stereocenters. The van der Waals surface area contributed by atoms with E-state index in [1.807, 2.05) is 72.8 Å². The van der Waals surface area contributed by atoms with Crippen molar-refractivity contribution < 1.29 is 14.3 Å². The highest BCUT2D eigenvalue weighted by atomic mass is 31.2. The van der Waals surface area contributed by atoms with Crippen molar-refractivity contribution in [3.8, 4) is 0 Å². The summed E-state index contributed by atoms with van der Waals surface area (Å²) in [6, 6.07) is 59.4. The molecule has 0 aliphatic carbocycles. The SMILES string of the molecule is C[C@H](C[P+](c1ccccc1)(c1ccccc1)c1ccccc1)[C@](OC(=O)c1ccccc1)(C(=O)c1ccccc1)c1ccccc1. The van der Waals surface area contributed by atoms with Crippen LogP contribution in [0.15, 0.2) is 182 Å². The molecule has 0 spiro atoms. The number of hydrogen-bond donors (Lipinski definition) is 0. The molecule has 0 heterocycles. The number of esters is 1. The normalized spacial score (nSPS) is 13.2. The minimum absolute atomic E-state index is 0.247. The van der Waals surface area contributed by atoms with Crippen molar-refractivity contribution in [3.05, 3.63) is 199 Å². The molecule has 0 fully saturated rings. The first-order chi connectivity index (χ1) is 22.6. The lowest BCUT2D eigenvalue weighted by atomic mass is 9.77. The minimum atomic E-state index is -2.42. The second-order valence-corrected chi connectivity index (χ2v) is 15.0. The van der Waals surface area contributed by atoms with Crippen LogP contribution < -0.4 is 15.9 Å². The lowest BCUT2D eigenvalue weighted by Crippen LogP contribution is -2.49. The molecule has 226 valence electrons. The molecular weight excluding hydrogens is 583 g/mol. The number of rotatable bonds is 11. The van der Waals surface area contributed by atoms with Gasteiger partial charge < -0.3 is 4.74 Å². The van der Waals surface area contributed by atoms with E-state index in [-0.39, 0.29) is 5.78 Å². The minimum Gasteiger partial charge on any atom is -0.442 e. The summed E-state index contributed by atoms with van der Waals surface area (Å²) in [6.45, 7) is 2.07. The van der Waals surface area contributed by atoms with Gasteiger partial charge in [-0.3, -0.25) is 4.79 Å². The zero-order valence-corrected chi connectivity index (χ0v) is 26.7. The third-order valence-corrected chi connectivity index (χ3v) is 13.3. The molecule has 0 saturated heterocycles. The predicted molar refractivity (Wildman–Crippen MR) is 190 cm³/mol. The summed E-state index contributed by atoms with van der Waals surface area (Å²) in [5.41, 5.74) is -0.0970. The van der Waals surface area contributed by atoms with E-state index in [4.69, 9.17) is 4.74 Å². The molecule has 6 rings (SSSR count). The van der Waals surface area contributed by atoms with Crippen LogP contribution in [0.4, 0.5) is 0 Å².